The van der Waals surface area contributed by atoms with Crippen LogP contribution in [0, 0.1) is 5.92 Å². The van der Waals surface area contributed by atoms with Gasteiger partial charge in [0.2, 0.25) is 11.9 Å². The Morgan fingerprint density at radius 3 is 2.26 bits per heavy atom. The Labute approximate surface area is 313 Å². The van der Waals surface area contributed by atoms with Gasteiger partial charge in [-0.1, -0.05) is 36.6 Å². The summed E-state index contributed by atoms with van der Waals surface area (Å²) in [4.78, 5) is 61.7. The van der Waals surface area contributed by atoms with Crippen LogP contribution < -0.4 is 31.3 Å². The number of nitrogens with one attached hydrogen (secondary N) is 5. The van der Waals surface area contributed by atoms with Crippen LogP contribution in [0.2, 0.25) is 5.02 Å². The van der Waals surface area contributed by atoms with Crippen molar-refractivity contribution < 1.29 is 46.9 Å². The molecule has 6 N–H and O–H groups in total. The Hall–Kier alpha value is -5.23. The summed E-state index contributed by atoms with van der Waals surface area (Å²) < 4.78 is 49.1. The molecule has 0 saturated heterocycles. The van der Waals surface area contributed by atoms with E-state index in [-0.39, 0.29) is 49.0 Å². The molecule has 2 saturated carbocycles. The first-order chi connectivity index (χ1) is 25.7. The van der Waals surface area contributed by atoms with E-state index in [0.29, 0.717) is 23.6 Å². The van der Waals surface area contributed by atoms with Crippen LogP contribution in [0.3, 0.4) is 0 Å². The van der Waals surface area contributed by atoms with Gasteiger partial charge >= 0.3 is 30.0 Å². The fraction of sp³-hybridized carbons (Fsp3) is 0.457. The number of aromatic nitrogens is 3. The average Bonchev–Trinajstić information content (AvgIpc) is 3.92. The summed E-state index contributed by atoms with van der Waals surface area (Å²) in [6.45, 7) is -1.55. The maximum absolute atomic E-state index is 12.9. The van der Waals surface area contributed by atoms with Crippen LogP contribution in [0.5, 0.6) is 6.01 Å². The number of carboxylic acid groups (broad SMARTS) is 1. The lowest BCUT2D eigenvalue weighted by Gasteiger charge is -2.30. The Morgan fingerprint density at radius 1 is 0.944 bits per heavy atom. The highest BCUT2D eigenvalue weighted by Gasteiger charge is 2.45. The second kappa shape index (κ2) is 17.7. The number of benzene rings is 2. The number of amides is 3. The van der Waals surface area contributed by atoms with Gasteiger partial charge < -0.3 is 41.2 Å². The maximum Gasteiger partial charge on any atom is 0.422 e. The third-order valence-electron chi connectivity index (χ3n) is 9.08. The highest BCUT2D eigenvalue weighted by Crippen LogP contribution is 2.48. The minimum Gasteiger partial charge on any atom is -0.480 e. The Kier molecular flexibility index (Phi) is 13.1. The van der Waals surface area contributed by atoms with Crippen LogP contribution >= 0.6 is 11.6 Å². The number of anilines is 3. The van der Waals surface area contributed by atoms with Gasteiger partial charge in [-0.3, -0.25) is 14.4 Å². The number of aliphatic carboxylic acids is 1. The van der Waals surface area contributed by atoms with E-state index in [4.69, 9.17) is 21.1 Å². The number of carboxylic acids is 1. The van der Waals surface area contributed by atoms with E-state index >= 15 is 0 Å². The van der Waals surface area contributed by atoms with Crippen molar-refractivity contribution in [2.24, 2.45) is 5.92 Å². The predicted molar refractivity (Wildman–Crippen MR) is 189 cm³/mol. The molecule has 0 aliphatic heterocycles. The number of alkyl halides is 3. The van der Waals surface area contributed by atoms with Crippen molar-refractivity contribution in [2.75, 3.05) is 37.4 Å². The van der Waals surface area contributed by atoms with Crippen molar-refractivity contribution in [2.45, 2.75) is 68.8 Å². The highest BCUT2D eigenvalue weighted by molar-refractivity contribution is 6.35. The Morgan fingerprint density at radius 2 is 1.61 bits per heavy atom. The summed E-state index contributed by atoms with van der Waals surface area (Å²) in [7, 11) is 1.61. The minimum atomic E-state index is -4.64. The van der Waals surface area contributed by atoms with E-state index in [2.05, 4.69) is 41.5 Å². The van der Waals surface area contributed by atoms with Crippen molar-refractivity contribution in [3.63, 3.8) is 0 Å². The molecule has 3 aromatic rings. The van der Waals surface area contributed by atoms with E-state index in [0.717, 1.165) is 31.2 Å². The summed E-state index contributed by atoms with van der Waals surface area (Å²) in [5, 5.41) is 23.6. The van der Waals surface area contributed by atoms with Crippen LogP contribution in [0.25, 0.3) is 0 Å². The summed E-state index contributed by atoms with van der Waals surface area (Å²) in [6.07, 6.45) is 0.369. The molecule has 0 bridgehead atoms. The summed E-state index contributed by atoms with van der Waals surface area (Å²) in [5.41, 5.74) is 0.743. The molecule has 2 aliphatic rings. The highest BCUT2D eigenvalue weighted by atomic mass is 35.5. The van der Waals surface area contributed by atoms with Crippen LogP contribution in [-0.2, 0) is 24.7 Å². The molecule has 290 valence electrons. The largest absolute Gasteiger partial charge is 0.480 e. The Bertz CT molecular complexity index is 1800. The fourth-order valence-corrected chi connectivity index (χ4v) is 6.16. The zero-order valence-electron chi connectivity index (χ0n) is 29.2. The molecule has 2 fully saturated rings. The molecule has 3 atom stereocenters. The molecule has 0 radical (unpaired) electrons. The van der Waals surface area contributed by atoms with Crippen molar-refractivity contribution in [3.05, 3.63) is 64.7 Å². The lowest BCUT2D eigenvalue weighted by molar-refractivity contribution is -0.154. The third-order valence-corrected chi connectivity index (χ3v) is 9.33. The molecule has 2 unspecified atom stereocenters. The first-order valence-electron chi connectivity index (χ1n) is 17.2. The van der Waals surface area contributed by atoms with Crippen molar-refractivity contribution >= 4 is 52.9 Å². The van der Waals surface area contributed by atoms with Crippen LogP contribution in [0.1, 0.15) is 60.9 Å². The number of carbonyl (C=O) groups is 4. The molecule has 1 heterocycles. The molecule has 15 nitrogen and oxygen atoms in total. The number of carbonyl (C=O) groups excluding carboxylic acids is 3. The number of methoxy groups -OCH3 is 1. The van der Waals surface area contributed by atoms with E-state index in [9.17, 15) is 37.5 Å². The molecule has 5 rings (SSSR count). The molecule has 3 amide bonds. The normalized spacial score (nSPS) is 18.1. The molecule has 2 aromatic carbocycles. The first-order valence-corrected chi connectivity index (χ1v) is 17.6. The van der Waals surface area contributed by atoms with Crippen molar-refractivity contribution in [3.8, 4) is 6.01 Å². The molecule has 54 heavy (non-hydrogen) atoms. The first kappa shape index (κ1) is 40.0. The summed E-state index contributed by atoms with van der Waals surface area (Å²) >= 11 is 6.02. The monoisotopic (exact) mass is 776 g/mol. The quantitative estimate of drug-likeness (QED) is 0.113. The van der Waals surface area contributed by atoms with Crippen LogP contribution in [-0.4, -0.2) is 88.9 Å². The SMILES string of the molecule is COC1CCCCC1CNC(=O)C(=O)NCC[C@H](NC(=O)c1ccc(Nc2nc(NC3(c4ccc(Cl)cc4)CC3)nc(OCC(F)(F)F)n2)cc1)C(=O)O. The number of nitrogens with zero attached hydrogens (tertiary/aromatic N) is 3. The summed E-state index contributed by atoms with van der Waals surface area (Å²) in [5.74, 6) is -3.95. The number of halogens is 4. The summed E-state index contributed by atoms with van der Waals surface area (Å²) in [6, 6.07) is 10.8. The van der Waals surface area contributed by atoms with Gasteiger partial charge in [-0.2, -0.15) is 28.1 Å². The van der Waals surface area contributed by atoms with Crippen molar-refractivity contribution in [1.82, 2.24) is 30.9 Å². The number of hydrogen-bond donors (Lipinski definition) is 6. The smallest absolute Gasteiger partial charge is 0.422 e. The van der Waals surface area contributed by atoms with Crippen molar-refractivity contribution in [1.29, 1.82) is 0 Å². The molecular weight excluding hydrogens is 737 g/mol. The van der Waals surface area contributed by atoms with E-state index in [1.165, 1.54) is 24.3 Å². The van der Waals surface area contributed by atoms with Gasteiger partial charge in [0.25, 0.3) is 5.91 Å². The molecule has 0 spiro atoms. The lowest BCUT2D eigenvalue weighted by Crippen LogP contribution is -2.46. The number of hydrogen-bond acceptors (Lipinski definition) is 11. The molecule has 2 aliphatic carbocycles. The van der Waals surface area contributed by atoms with E-state index in [1.54, 1.807) is 19.2 Å². The van der Waals surface area contributed by atoms with Crippen LogP contribution in [0.15, 0.2) is 48.5 Å². The van der Waals surface area contributed by atoms with Crippen LogP contribution in [0.4, 0.5) is 30.8 Å². The van der Waals surface area contributed by atoms with Gasteiger partial charge in [-0.25, -0.2) is 4.79 Å². The average molecular weight is 777 g/mol. The third kappa shape index (κ3) is 11.4. The van der Waals surface area contributed by atoms with Gasteiger partial charge in [0.1, 0.15) is 6.04 Å². The standard InChI is InChI=1S/C35H40ClF3N8O7/c1-53-26-5-3-2-4-21(26)18-41-29(50)28(49)40-17-14-25(30(51)52)43-27(48)20-6-12-24(13-7-20)42-31-44-32(46-33(45-31)54-19-35(37,38)39)47-34(15-16-34)22-8-10-23(36)11-9-22/h6-13,21,25-26H,2-5,14-19H2,1H3,(H,40,49)(H,41,50)(H,43,48)(H,51,52)(H2,42,44,45,46,47)/t21?,25-,26?/m0/s1. The number of ether oxygens (including phenoxy) is 2. The predicted octanol–water partition coefficient (Wildman–Crippen LogP) is 4.32. The van der Waals surface area contributed by atoms with E-state index < -0.39 is 54.1 Å². The van der Waals surface area contributed by atoms with E-state index in [1.807, 2.05) is 12.1 Å². The fourth-order valence-electron chi connectivity index (χ4n) is 6.04. The van der Waals surface area contributed by atoms with Gasteiger partial charge in [0.15, 0.2) is 6.61 Å². The topological polar surface area (TPSA) is 206 Å². The van der Waals surface area contributed by atoms with Gasteiger partial charge in [0, 0.05) is 42.4 Å². The maximum atomic E-state index is 12.9. The molecule has 1 aromatic heterocycles. The molecular formula is C35H40ClF3N8O7. The second-order valence-electron chi connectivity index (χ2n) is 13.0. The Balaban J connectivity index is 1.16. The number of rotatable bonds is 16. The van der Waals surface area contributed by atoms with Gasteiger partial charge in [-0.05, 0) is 74.1 Å². The minimum absolute atomic E-state index is 0.00486. The lowest BCUT2D eigenvalue weighted by atomic mass is 9.86. The zero-order valence-corrected chi connectivity index (χ0v) is 29.9. The molecule has 19 heteroatoms. The van der Waals surface area contributed by atoms with Gasteiger partial charge in [0.05, 0.1) is 11.6 Å². The zero-order chi connectivity index (χ0) is 38.9. The second-order valence-corrected chi connectivity index (χ2v) is 13.5. The van der Waals surface area contributed by atoms with Gasteiger partial charge in [-0.15, -0.1) is 0 Å².